The Balaban J connectivity index is 0. The molecule has 0 radical (unpaired) electrons. The molecule has 0 aromatic carbocycles. The van der Waals surface area contributed by atoms with Crippen LogP contribution in [0.3, 0.4) is 0 Å². The number of carboxylic acids is 1. The second kappa shape index (κ2) is 15.0. The number of nitrogens with one attached hydrogen (secondary N) is 2. The molecule has 0 fully saturated rings. The third-order valence-corrected chi connectivity index (χ3v) is 4.81. The summed E-state index contributed by atoms with van der Waals surface area (Å²) < 4.78 is 0. The van der Waals surface area contributed by atoms with Gasteiger partial charge in [-0.15, -0.1) is 0 Å². The van der Waals surface area contributed by atoms with Crippen molar-refractivity contribution in [1.29, 1.82) is 0 Å². The Morgan fingerprint density at radius 3 is 1.83 bits per heavy atom. The molecule has 2 amide bonds. The van der Waals surface area contributed by atoms with Gasteiger partial charge in [0.15, 0.2) is 0 Å². The number of carboxylic acid groups (broad SMARTS) is 1. The first-order valence-electron chi connectivity index (χ1n) is 11.1. The number of likely N-dealkylation sites (N-methyl/N-ethyl adjacent to an activating group) is 1. The van der Waals surface area contributed by atoms with Crippen molar-refractivity contribution in [2.75, 3.05) is 13.6 Å². The van der Waals surface area contributed by atoms with E-state index in [2.05, 4.69) is 24.5 Å². The van der Waals surface area contributed by atoms with Gasteiger partial charge in [0.1, 0.15) is 6.04 Å². The lowest BCUT2D eigenvalue weighted by molar-refractivity contribution is -0.138. The minimum atomic E-state index is -1.01. The van der Waals surface area contributed by atoms with E-state index in [9.17, 15) is 14.4 Å². The molecule has 0 saturated carbocycles. The molecule has 0 spiro atoms. The Bertz CT molecular complexity index is 567. The largest absolute Gasteiger partial charge is 0.478 e. The maximum absolute atomic E-state index is 13.0. The Morgan fingerprint density at radius 2 is 1.50 bits per heavy atom. The van der Waals surface area contributed by atoms with Gasteiger partial charge in [-0.2, -0.15) is 0 Å². The van der Waals surface area contributed by atoms with Gasteiger partial charge in [-0.05, 0) is 39.5 Å². The second-order valence-corrected chi connectivity index (χ2v) is 8.40. The fraction of sp³-hybridized carbons (Fsp3) is 0.783. The lowest BCUT2D eigenvalue weighted by atomic mass is 9.89. The SMILES string of the molecule is CCC.CCC(CC)(NC(C)C)C(=O)NC(C(=O)N(C)C/C=C(\C)C(=O)O)C(C)C. The minimum Gasteiger partial charge on any atom is -0.478 e. The summed E-state index contributed by atoms with van der Waals surface area (Å²) in [5.74, 6) is -1.53. The summed E-state index contributed by atoms with van der Waals surface area (Å²) in [6.45, 7) is 17.6. The predicted molar refractivity (Wildman–Crippen MR) is 123 cm³/mol. The average molecular weight is 428 g/mol. The number of rotatable bonds is 11. The maximum atomic E-state index is 13.0. The highest BCUT2D eigenvalue weighted by molar-refractivity contribution is 5.92. The van der Waals surface area contributed by atoms with Crippen molar-refractivity contribution in [2.45, 2.75) is 99.2 Å². The van der Waals surface area contributed by atoms with Crippen molar-refractivity contribution in [3.63, 3.8) is 0 Å². The Kier molecular flexibility index (Phi) is 15.1. The number of carbonyl (C=O) groups excluding carboxylic acids is 2. The van der Waals surface area contributed by atoms with Crippen LogP contribution >= 0.6 is 0 Å². The Labute approximate surface area is 183 Å². The topological polar surface area (TPSA) is 98.7 Å². The van der Waals surface area contributed by atoms with Crippen LogP contribution in [-0.4, -0.2) is 59.0 Å². The molecule has 0 heterocycles. The van der Waals surface area contributed by atoms with Crippen LogP contribution in [-0.2, 0) is 14.4 Å². The number of nitrogens with zero attached hydrogens (tertiary/aromatic N) is 1. The van der Waals surface area contributed by atoms with Crippen LogP contribution in [0.4, 0.5) is 0 Å². The third kappa shape index (κ3) is 10.2. The van der Waals surface area contributed by atoms with Crippen LogP contribution in [0, 0.1) is 5.92 Å². The molecule has 3 N–H and O–H groups in total. The van der Waals surface area contributed by atoms with Crippen LogP contribution in [0.25, 0.3) is 0 Å². The number of aliphatic carboxylic acids is 1. The van der Waals surface area contributed by atoms with E-state index in [1.54, 1.807) is 7.05 Å². The third-order valence-electron chi connectivity index (χ3n) is 4.81. The molecule has 30 heavy (non-hydrogen) atoms. The zero-order valence-electron chi connectivity index (χ0n) is 20.8. The normalized spacial score (nSPS) is 12.9. The quantitative estimate of drug-likeness (QED) is 0.438. The van der Waals surface area contributed by atoms with Crippen molar-refractivity contribution in [3.05, 3.63) is 11.6 Å². The Morgan fingerprint density at radius 1 is 1.03 bits per heavy atom. The molecule has 0 aromatic heterocycles. The molecule has 0 rings (SSSR count). The van der Waals surface area contributed by atoms with Gasteiger partial charge in [0.05, 0.1) is 5.54 Å². The molecule has 1 unspecified atom stereocenters. The van der Waals surface area contributed by atoms with Crippen molar-refractivity contribution in [3.8, 4) is 0 Å². The highest BCUT2D eigenvalue weighted by Crippen LogP contribution is 2.18. The highest BCUT2D eigenvalue weighted by atomic mass is 16.4. The molecule has 7 nitrogen and oxygen atoms in total. The van der Waals surface area contributed by atoms with E-state index in [0.717, 1.165) is 0 Å². The second-order valence-electron chi connectivity index (χ2n) is 8.40. The smallest absolute Gasteiger partial charge is 0.331 e. The predicted octanol–water partition coefficient (Wildman–Crippen LogP) is 3.59. The first kappa shape index (κ1) is 30.3. The van der Waals surface area contributed by atoms with Crippen LogP contribution in [0.5, 0.6) is 0 Å². The summed E-state index contributed by atoms with van der Waals surface area (Å²) in [5.41, 5.74) is -0.545. The standard InChI is InChI=1S/C20H37N3O4.C3H8/c1-9-20(10-2,22-14(5)6)19(27)21-16(13(3)4)17(24)23(8)12-11-15(7)18(25)26;1-3-2/h11,13-14,16,22H,9-10,12H2,1-8H3,(H,21,27)(H,25,26);3H2,1-2H3/b15-11+;. The molecule has 1 atom stereocenters. The minimum absolute atomic E-state index is 0.0982. The van der Waals surface area contributed by atoms with E-state index in [-0.39, 0.29) is 35.9 Å². The number of amides is 2. The number of carbonyl (C=O) groups is 3. The van der Waals surface area contributed by atoms with Gasteiger partial charge in [-0.1, -0.05) is 54.0 Å². The summed E-state index contributed by atoms with van der Waals surface area (Å²) in [5, 5.41) is 15.2. The molecule has 0 saturated heterocycles. The van der Waals surface area contributed by atoms with Gasteiger partial charge in [0.25, 0.3) is 0 Å². The van der Waals surface area contributed by atoms with Crippen molar-refractivity contribution in [2.24, 2.45) is 5.92 Å². The van der Waals surface area contributed by atoms with Crippen molar-refractivity contribution >= 4 is 17.8 Å². The molecule has 176 valence electrons. The van der Waals surface area contributed by atoms with E-state index in [1.807, 2.05) is 41.5 Å². The van der Waals surface area contributed by atoms with Crippen LogP contribution in [0.2, 0.25) is 0 Å². The first-order valence-corrected chi connectivity index (χ1v) is 11.1. The summed E-state index contributed by atoms with van der Waals surface area (Å²) in [7, 11) is 1.61. The van der Waals surface area contributed by atoms with Gasteiger partial charge in [0.2, 0.25) is 11.8 Å². The molecule has 0 aliphatic carbocycles. The summed E-state index contributed by atoms with van der Waals surface area (Å²) >= 11 is 0. The molecule has 0 bridgehead atoms. The summed E-state index contributed by atoms with van der Waals surface area (Å²) in [6, 6.07) is -0.539. The van der Waals surface area contributed by atoms with Crippen LogP contribution in [0.1, 0.15) is 81.6 Å². The van der Waals surface area contributed by atoms with Gasteiger partial charge in [-0.25, -0.2) is 4.79 Å². The van der Waals surface area contributed by atoms with Crippen LogP contribution < -0.4 is 10.6 Å². The first-order chi connectivity index (χ1) is 13.8. The molecule has 0 aromatic rings. The van der Waals surface area contributed by atoms with Gasteiger partial charge in [-0.3, -0.25) is 9.59 Å². The van der Waals surface area contributed by atoms with E-state index in [1.165, 1.54) is 24.3 Å². The van der Waals surface area contributed by atoms with E-state index < -0.39 is 17.6 Å². The van der Waals surface area contributed by atoms with E-state index in [0.29, 0.717) is 12.8 Å². The van der Waals surface area contributed by atoms with Gasteiger partial charge >= 0.3 is 5.97 Å². The molecular formula is C23H45N3O4. The fourth-order valence-electron chi connectivity index (χ4n) is 2.87. The van der Waals surface area contributed by atoms with Crippen molar-refractivity contribution in [1.82, 2.24) is 15.5 Å². The van der Waals surface area contributed by atoms with Gasteiger partial charge in [0, 0.05) is 25.2 Å². The average Bonchev–Trinajstić information content (AvgIpc) is 2.67. The van der Waals surface area contributed by atoms with Gasteiger partial charge < -0.3 is 20.6 Å². The number of hydrogen-bond donors (Lipinski definition) is 3. The molecule has 0 aliphatic heterocycles. The molecular weight excluding hydrogens is 382 g/mol. The lowest BCUT2D eigenvalue weighted by Crippen LogP contribution is -2.62. The lowest BCUT2D eigenvalue weighted by Gasteiger charge is -2.36. The fourth-order valence-corrected chi connectivity index (χ4v) is 2.87. The summed E-state index contributed by atoms with van der Waals surface area (Å²) in [6.07, 6.45) is 3.97. The maximum Gasteiger partial charge on any atom is 0.331 e. The summed E-state index contributed by atoms with van der Waals surface area (Å²) in [4.78, 5) is 38.2. The van der Waals surface area contributed by atoms with E-state index in [4.69, 9.17) is 5.11 Å². The molecule has 7 heteroatoms. The monoisotopic (exact) mass is 427 g/mol. The highest BCUT2D eigenvalue weighted by Gasteiger charge is 2.38. The van der Waals surface area contributed by atoms with E-state index >= 15 is 0 Å². The molecule has 0 aliphatic rings. The number of hydrogen-bond acceptors (Lipinski definition) is 4. The van der Waals surface area contributed by atoms with Crippen molar-refractivity contribution < 1.29 is 19.5 Å². The Hall–Kier alpha value is -1.89. The van der Waals surface area contributed by atoms with Crippen LogP contribution in [0.15, 0.2) is 11.6 Å². The zero-order chi connectivity index (χ0) is 24.1. The zero-order valence-corrected chi connectivity index (χ0v) is 20.8.